The first-order chi connectivity index (χ1) is 7.20. The molecular formula is C12H12N2O. The Kier molecular flexibility index (Phi) is 2.53. The highest BCUT2D eigenvalue weighted by molar-refractivity contribution is 5.93. The minimum absolute atomic E-state index is 0.0863. The Bertz CT molecular complexity index is 416. The van der Waals surface area contributed by atoms with E-state index in [-0.39, 0.29) is 11.8 Å². The lowest BCUT2D eigenvalue weighted by Gasteiger charge is -2.02. The Hall–Kier alpha value is -1.66. The van der Waals surface area contributed by atoms with E-state index in [1.54, 1.807) is 6.92 Å². The molecule has 1 saturated heterocycles. The highest BCUT2D eigenvalue weighted by Gasteiger charge is 2.33. The molecule has 15 heavy (non-hydrogen) atoms. The van der Waals surface area contributed by atoms with Crippen LogP contribution in [-0.4, -0.2) is 23.3 Å². The van der Waals surface area contributed by atoms with Gasteiger partial charge in [-0.1, -0.05) is 24.3 Å². The molecule has 0 radical (unpaired) electrons. The SMILES string of the molecule is CC(=O)c1ccc(CN2CC2C#N)cc1. The van der Waals surface area contributed by atoms with Gasteiger partial charge in [-0.2, -0.15) is 5.26 Å². The summed E-state index contributed by atoms with van der Waals surface area (Å²) < 4.78 is 0. The smallest absolute Gasteiger partial charge is 0.159 e. The summed E-state index contributed by atoms with van der Waals surface area (Å²) in [7, 11) is 0. The molecule has 3 heteroatoms. The van der Waals surface area contributed by atoms with Crippen molar-refractivity contribution in [2.45, 2.75) is 19.5 Å². The molecule has 1 heterocycles. The second-order valence-corrected chi connectivity index (χ2v) is 3.83. The van der Waals surface area contributed by atoms with Crippen LogP contribution in [0.25, 0.3) is 0 Å². The number of hydrogen-bond acceptors (Lipinski definition) is 3. The zero-order chi connectivity index (χ0) is 10.8. The number of nitrogens with zero attached hydrogens (tertiary/aromatic N) is 2. The van der Waals surface area contributed by atoms with Crippen LogP contribution in [0.2, 0.25) is 0 Å². The molecule has 1 aliphatic rings. The number of nitriles is 1. The summed E-state index contributed by atoms with van der Waals surface area (Å²) >= 11 is 0. The number of benzene rings is 1. The van der Waals surface area contributed by atoms with Crippen LogP contribution >= 0.6 is 0 Å². The highest BCUT2D eigenvalue weighted by atomic mass is 16.1. The zero-order valence-electron chi connectivity index (χ0n) is 8.60. The molecule has 1 aromatic rings. The van der Waals surface area contributed by atoms with Crippen molar-refractivity contribution in [1.29, 1.82) is 5.26 Å². The van der Waals surface area contributed by atoms with Crippen LogP contribution in [0, 0.1) is 11.3 Å². The molecule has 1 fully saturated rings. The maximum absolute atomic E-state index is 11.0. The van der Waals surface area contributed by atoms with Gasteiger partial charge in [0.25, 0.3) is 0 Å². The standard InChI is InChI=1S/C12H12N2O/c1-9(15)11-4-2-10(3-5-11)7-14-8-12(14)6-13/h2-5,12H,7-8H2,1H3. The molecule has 0 spiro atoms. The van der Waals surface area contributed by atoms with Gasteiger partial charge >= 0.3 is 0 Å². The molecule has 1 aliphatic heterocycles. The maximum atomic E-state index is 11.0. The summed E-state index contributed by atoms with van der Waals surface area (Å²) in [6, 6.07) is 9.87. The fourth-order valence-electron chi connectivity index (χ4n) is 1.55. The fourth-order valence-corrected chi connectivity index (χ4v) is 1.55. The summed E-state index contributed by atoms with van der Waals surface area (Å²) in [6.07, 6.45) is 0. The van der Waals surface area contributed by atoms with Gasteiger partial charge in [0.2, 0.25) is 0 Å². The first kappa shape index (κ1) is 9.88. The highest BCUT2D eigenvalue weighted by Crippen LogP contribution is 2.20. The number of Topliss-reactive ketones (excluding diaryl/α,β-unsaturated/α-hetero) is 1. The van der Waals surface area contributed by atoms with E-state index < -0.39 is 0 Å². The molecule has 0 saturated carbocycles. The Morgan fingerprint density at radius 2 is 2.20 bits per heavy atom. The largest absolute Gasteiger partial charge is 0.295 e. The van der Waals surface area contributed by atoms with Gasteiger partial charge in [0.05, 0.1) is 6.07 Å². The summed E-state index contributed by atoms with van der Waals surface area (Å²) in [5.74, 6) is 0.0863. The van der Waals surface area contributed by atoms with E-state index in [9.17, 15) is 4.79 Å². The molecule has 1 aromatic carbocycles. The molecule has 0 aromatic heterocycles. The van der Waals surface area contributed by atoms with Crippen LogP contribution in [0.1, 0.15) is 22.8 Å². The predicted molar refractivity (Wildman–Crippen MR) is 56.3 cm³/mol. The van der Waals surface area contributed by atoms with Crippen molar-refractivity contribution in [2.75, 3.05) is 6.54 Å². The van der Waals surface area contributed by atoms with Crippen molar-refractivity contribution in [3.63, 3.8) is 0 Å². The van der Waals surface area contributed by atoms with Crippen molar-refractivity contribution in [3.05, 3.63) is 35.4 Å². The Labute approximate surface area is 88.9 Å². The summed E-state index contributed by atoms with van der Waals surface area (Å²) in [4.78, 5) is 13.1. The lowest BCUT2D eigenvalue weighted by Crippen LogP contribution is -2.01. The maximum Gasteiger partial charge on any atom is 0.159 e. The van der Waals surface area contributed by atoms with Crippen molar-refractivity contribution in [1.82, 2.24) is 4.90 Å². The summed E-state index contributed by atoms with van der Waals surface area (Å²) in [6.45, 7) is 3.23. The lowest BCUT2D eigenvalue weighted by molar-refractivity contribution is 0.101. The van der Waals surface area contributed by atoms with Gasteiger partial charge in [0, 0.05) is 18.7 Å². The lowest BCUT2D eigenvalue weighted by atomic mass is 10.1. The van der Waals surface area contributed by atoms with Crippen molar-refractivity contribution < 1.29 is 4.79 Å². The monoisotopic (exact) mass is 200 g/mol. The van der Waals surface area contributed by atoms with Gasteiger partial charge in [0.1, 0.15) is 6.04 Å². The van der Waals surface area contributed by atoms with Crippen LogP contribution in [0.4, 0.5) is 0 Å². The van der Waals surface area contributed by atoms with Crippen molar-refractivity contribution in [2.24, 2.45) is 0 Å². The number of rotatable bonds is 3. The summed E-state index contributed by atoms with van der Waals surface area (Å²) in [5, 5.41) is 8.64. The number of ketones is 1. The van der Waals surface area contributed by atoms with Crippen molar-refractivity contribution >= 4 is 5.78 Å². The average Bonchev–Trinajstić information content (AvgIpc) is 2.97. The van der Waals surface area contributed by atoms with Crippen LogP contribution in [0.15, 0.2) is 24.3 Å². The van der Waals surface area contributed by atoms with Crippen LogP contribution in [-0.2, 0) is 6.54 Å². The topological polar surface area (TPSA) is 43.9 Å². The summed E-state index contributed by atoms with van der Waals surface area (Å²) in [5.41, 5.74) is 1.89. The van der Waals surface area contributed by atoms with E-state index in [1.165, 1.54) is 0 Å². The quantitative estimate of drug-likeness (QED) is 0.550. The molecule has 0 aliphatic carbocycles. The van der Waals surface area contributed by atoms with E-state index in [0.29, 0.717) is 0 Å². The molecule has 3 nitrogen and oxygen atoms in total. The molecule has 0 bridgehead atoms. The minimum atomic E-state index is 0.0863. The molecule has 2 atom stereocenters. The predicted octanol–water partition coefficient (Wildman–Crippen LogP) is 1.60. The first-order valence-electron chi connectivity index (χ1n) is 4.94. The van der Waals surface area contributed by atoms with Gasteiger partial charge < -0.3 is 0 Å². The van der Waals surface area contributed by atoms with Gasteiger partial charge in [0.15, 0.2) is 5.78 Å². The second-order valence-electron chi connectivity index (χ2n) is 3.83. The van der Waals surface area contributed by atoms with E-state index in [2.05, 4.69) is 11.0 Å². The third-order valence-corrected chi connectivity index (χ3v) is 2.61. The number of hydrogen-bond donors (Lipinski definition) is 0. The second kappa shape index (κ2) is 3.84. The van der Waals surface area contributed by atoms with Crippen molar-refractivity contribution in [3.8, 4) is 6.07 Å². The van der Waals surface area contributed by atoms with E-state index in [4.69, 9.17) is 5.26 Å². The molecular weight excluding hydrogens is 188 g/mol. The molecule has 0 N–H and O–H groups in total. The minimum Gasteiger partial charge on any atom is -0.295 e. The Morgan fingerprint density at radius 1 is 1.53 bits per heavy atom. The Morgan fingerprint density at radius 3 is 2.67 bits per heavy atom. The van der Waals surface area contributed by atoms with Gasteiger partial charge in [-0.05, 0) is 12.5 Å². The Balaban J connectivity index is 2.00. The molecule has 76 valence electrons. The first-order valence-corrected chi connectivity index (χ1v) is 4.94. The fraction of sp³-hybridized carbons (Fsp3) is 0.333. The molecule has 2 unspecified atom stereocenters. The molecule has 0 amide bonds. The van der Waals surface area contributed by atoms with Gasteiger partial charge in [-0.25, -0.2) is 0 Å². The van der Waals surface area contributed by atoms with Gasteiger partial charge in [-0.15, -0.1) is 0 Å². The van der Waals surface area contributed by atoms with E-state index in [1.807, 2.05) is 24.3 Å². The molecule has 2 rings (SSSR count). The van der Waals surface area contributed by atoms with Crippen LogP contribution in [0.3, 0.4) is 0 Å². The zero-order valence-corrected chi connectivity index (χ0v) is 8.60. The van der Waals surface area contributed by atoms with Crippen LogP contribution < -0.4 is 0 Å². The third-order valence-electron chi connectivity index (χ3n) is 2.61. The number of carbonyl (C=O) groups excluding carboxylic acids is 1. The van der Waals surface area contributed by atoms with E-state index >= 15 is 0 Å². The normalized spacial score (nSPS) is 23.2. The average molecular weight is 200 g/mol. The van der Waals surface area contributed by atoms with Crippen LogP contribution in [0.5, 0.6) is 0 Å². The van der Waals surface area contributed by atoms with Gasteiger partial charge in [-0.3, -0.25) is 9.69 Å². The number of carbonyl (C=O) groups is 1. The van der Waals surface area contributed by atoms with E-state index in [0.717, 1.165) is 24.2 Å². The third kappa shape index (κ3) is 2.23.